The molecule has 2 saturated heterocycles. The Morgan fingerprint density at radius 3 is 2.52 bits per heavy atom. The number of hydrogen-bond donors (Lipinski definition) is 2. The third-order valence-corrected chi connectivity index (χ3v) is 6.57. The van der Waals surface area contributed by atoms with E-state index in [9.17, 15) is 14.6 Å². The molecule has 2 aliphatic rings. The molecule has 0 spiro atoms. The molecule has 0 radical (unpaired) electrons. The van der Waals surface area contributed by atoms with Crippen molar-refractivity contribution in [3.8, 4) is 11.5 Å². The minimum atomic E-state index is -1.39. The summed E-state index contributed by atoms with van der Waals surface area (Å²) in [5.41, 5.74) is -0.293. The lowest BCUT2D eigenvalue weighted by Gasteiger charge is -2.42. The third kappa shape index (κ3) is 6.90. The monoisotopic (exact) mass is 458 g/mol. The predicted octanol–water partition coefficient (Wildman–Crippen LogP) is 3.07. The first-order valence-electron chi connectivity index (χ1n) is 12.0. The number of likely N-dealkylation sites (tertiary alicyclic amines) is 2. The number of hydrogen-bond acceptors (Lipinski definition) is 6. The minimum Gasteiger partial charge on any atom is -0.492 e. The van der Waals surface area contributed by atoms with Crippen molar-refractivity contribution in [3.63, 3.8) is 0 Å². The number of piperidine rings is 2. The van der Waals surface area contributed by atoms with Crippen LogP contribution in [0.2, 0.25) is 0 Å². The highest BCUT2D eigenvalue weighted by atomic mass is 19.1. The lowest BCUT2D eigenvalue weighted by atomic mass is 9.90. The molecule has 2 N–H and O–H groups in total. The van der Waals surface area contributed by atoms with Crippen LogP contribution in [-0.2, 0) is 6.54 Å². The van der Waals surface area contributed by atoms with E-state index in [0.29, 0.717) is 31.9 Å². The minimum absolute atomic E-state index is 0.0596. The summed E-state index contributed by atoms with van der Waals surface area (Å²) in [6, 6.07) is 13.7. The molecule has 33 heavy (non-hydrogen) atoms. The summed E-state index contributed by atoms with van der Waals surface area (Å²) in [7, 11) is 0. The number of β-amino-alcohol motifs (C(OH)–C–C–N with tert-alkyl or cyclic N) is 1. The number of ether oxygens (including phenoxy) is 2. The van der Waals surface area contributed by atoms with Crippen LogP contribution in [0.5, 0.6) is 11.5 Å². The average molecular weight is 459 g/mol. The molecule has 2 fully saturated rings. The fraction of sp³-hybridized carbons (Fsp3) is 0.538. The second kappa shape index (κ2) is 11.3. The van der Waals surface area contributed by atoms with Gasteiger partial charge in [-0.2, -0.15) is 0 Å². The first kappa shape index (κ1) is 24.0. The Morgan fingerprint density at radius 2 is 1.73 bits per heavy atom. The molecule has 4 rings (SSSR count). The van der Waals surface area contributed by atoms with E-state index >= 15 is 0 Å². The molecule has 7 heteroatoms. The van der Waals surface area contributed by atoms with Gasteiger partial charge in [0, 0.05) is 26.2 Å². The summed E-state index contributed by atoms with van der Waals surface area (Å²) >= 11 is 0. The van der Waals surface area contributed by atoms with Crippen LogP contribution in [0, 0.1) is 5.82 Å². The van der Waals surface area contributed by atoms with Crippen molar-refractivity contribution in [2.45, 2.75) is 43.9 Å². The molecule has 2 aliphatic heterocycles. The zero-order valence-electron chi connectivity index (χ0n) is 19.2. The number of rotatable bonds is 9. The van der Waals surface area contributed by atoms with Crippen molar-refractivity contribution in [2.24, 2.45) is 0 Å². The largest absolute Gasteiger partial charge is 0.492 e. The van der Waals surface area contributed by atoms with Crippen LogP contribution in [0.25, 0.3) is 0 Å². The molecule has 0 saturated carbocycles. The topological polar surface area (TPSA) is 65.4 Å². The normalized spacial score (nSPS) is 24.5. The standard InChI is InChI=1S/C26H35FN2O4/c27-22-7-9-23(10-8-22)33-20-26(31)19-29(14-11-25(26)30)18-21-5-4-6-24(17-21)32-16-15-28-12-2-1-3-13-28/h4-10,17,25,30-31H,1-3,11-16,18-20H2/t25-,26-/m0/s1. The third-order valence-electron chi connectivity index (χ3n) is 6.57. The van der Waals surface area contributed by atoms with E-state index in [1.165, 1.54) is 43.5 Å². The molecule has 0 aliphatic carbocycles. The van der Waals surface area contributed by atoms with E-state index in [-0.39, 0.29) is 19.0 Å². The second-order valence-corrected chi connectivity index (χ2v) is 9.26. The van der Waals surface area contributed by atoms with E-state index in [4.69, 9.17) is 9.47 Å². The van der Waals surface area contributed by atoms with Crippen LogP contribution in [-0.4, -0.2) is 77.7 Å². The highest BCUT2D eigenvalue weighted by Gasteiger charge is 2.42. The summed E-state index contributed by atoms with van der Waals surface area (Å²) in [4.78, 5) is 4.58. The van der Waals surface area contributed by atoms with E-state index in [2.05, 4.69) is 21.9 Å². The van der Waals surface area contributed by atoms with E-state index < -0.39 is 11.7 Å². The first-order chi connectivity index (χ1) is 16.0. The Balaban J connectivity index is 1.28. The highest BCUT2D eigenvalue weighted by Crippen LogP contribution is 2.26. The van der Waals surface area contributed by atoms with Crippen LogP contribution >= 0.6 is 0 Å². The van der Waals surface area contributed by atoms with Gasteiger partial charge in [0.2, 0.25) is 0 Å². The van der Waals surface area contributed by atoms with Crippen molar-refractivity contribution in [3.05, 3.63) is 59.9 Å². The van der Waals surface area contributed by atoms with Gasteiger partial charge in [-0.15, -0.1) is 0 Å². The number of benzene rings is 2. The molecular formula is C26H35FN2O4. The van der Waals surface area contributed by atoms with Crippen molar-refractivity contribution < 1.29 is 24.1 Å². The van der Waals surface area contributed by atoms with Crippen LogP contribution in [0.1, 0.15) is 31.2 Å². The van der Waals surface area contributed by atoms with Crippen molar-refractivity contribution >= 4 is 0 Å². The molecule has 2 aromatic rings. The lowest BCUT2D eigenvalue weighted by Crippen LogP contribution is -2.59. The van der Waals surface area contributed by atoms with Gasteiger partial charge < -0.3 is 19.7 Å². The maximum atomic E-state index is 13.1. The Morgan fingerprint density at radius 1 is 0.939 bits per heavy atom. The van der Waals surface area contributed by atoms with Gasteiger partial charge in [0.1, 0.15) is 36.1 Å². The van der Waals surface area contributed by atoms with E-state index in [0.717, 1.165) is 30.9 Å². The number of aliphatic hydroxyl groups is 2. The molecule has 2 aromatic carbocycles. The molecule has 0 aromatic heterocycles. The summed E-state index contributed by atoms with van der Waals surface area (Å²) in [5.74, 6) is 0.975. The molecule has 0 unspecified atom stereocenters. The van der Waals surface area contributed by atoms with Crippen LogP contribution in [0.15, 0.2) is 48.5 Å². The maximum Gasteiger partial charge on any atom is 0.137 e. The van der Waals surface area contributed by atoms with E-state index in [1.807, 2.05) is 12.1 Å². The SMILES string of the molecule is O[C@H]1CCN(Cc2cccc(OCCN3CCCCC3)c2)C[C@]1(O)COc1ccc(F)cc1. The van der Waals surface area contributed by atoms with Gasteiger partial charge in [0.25, 0.3) is 0 Å². The Bertz CT molecular complexity index is 875. The Kier molecular flexibility index (Phi) is 8.20. The van der Waals surface area contributed by atoms with Crippen LogP contribution in [0.4, 0.5) is 4.39 Å². The smallest absolute Gasteiger partial charge is 0.137 e. The molecular weight excluding hydrogens is 423 g/mol. The summed E-state index contributed by atoms with van der Waals surface area (Å²) in [6.07, 6.45) is 3.47. The number of nitrogens with zero attached hydrogens (tertiary/aromatic N) is 2. The zero-order valence-corrected chi connectivity index (χ0v) is 19.2. The molecule has 180 valence electrons. The second-order valence-electron chi connectivity index (χ2n) is 9.26. The van der Waals surface area contributed by atoms with Gasteiger partial charge in [-0.05, 0) is 74.3 Å². The molecule has 0 amide bonds. The lowest BCUT2D eigenvalue weighted by molar-refractivity contribution is -0.140. The van der Waals surface area contributed by atoms with Gasteiger partial charge in [0.15, 0.2) is 0 Å². The molecule has 0 bridgehead atoms. The highest BCUT2D eigenvalue weighted by molar-refractivity contribution is 5.28. The quantitative estimate of drug-likeness (QED) is 0.602. The number of halogens is 1. The van der Waals surface area contributed by atoms with Crippen LogP contribution in [0.3, 0.4) is 0 Å². The van der Waals surface area contributed by atoms with Crippen molar-refractivity contribution in [1.82, 2.24) is 9.80 Å². The Labute approximate surface area is 195 Å². The average Bonchev–Trinajstić information content (AvgIpc) is 2.82. The fourth-order valence-electron chi connectivity index (χ4n) is 4.63. The van der Waals surface area contributed by atoms with Gasteiger partial charge in [0.05, 0.1) is 6.10 Å². The van der Waals surface area contributed by atoms with Crippen molar-refractivity contribution in [2.75, 3.05) is 45.9 Å². The van der Waals surface area contributed by atoms with Crippen LogP contribution < -0.4 is 9.47 Å². The predicted molar refractivity (Wildman–Crippen MR) is 125 cm³/mol. The molecule has 2 heterocycles. The van der Waals surface area contributed by atoms with Gasteiger partial charge >= 0.3 is 0 Å². The summed E-state index contributed by atoms with van der Waals surface area (Å²) < 4.78 is 24.8. The van der Waals surface area contributed by atoms with E-state index in [1.54, 1.807) is 0 Å². The first-order valence-corrected chi connectivity index (χ1v) is 12.0. The van der Waals surface area contributed by atoms with Gasteiger partial charge in [-0.25, -0.2) is 4.39 Å². The van der Waals surface area contributed by atoms with Gasteiger partial charge in [-0.1, -0.05) is 18.6 Å². The zero-order chi connectivity index (χ0) is 23.1. The molecule has 6 nitrogen and oxygen atoms in total. The number of aliphatic hydroxyl groups excluding tert-OH is 1. The Hall–Kier alpha value is -2.19. The van der Waals surface area contributed by atoms with Gasteiger partial charge in [-0.3, -0.25) is 9.80 Å². The summed E-state index contributed by atoms with van der Waals surface area (Å²) in [5, 5.41) is 21.5. The fourth-order valence-corrected chi connectivity index (χ4v) is 4.63. The molecule has 2 atom stereocenters. The summed E-state index contributed by atoms with van der Waals surface area (Å²) in [6.45, 7) is 5.52. The maximum absolute atomic E-state index is 13.1. The van der Waals surface area contributed by atoms with Crippen molar-refractivity contribution in [1.29, 1.82) is 0 Å².